The fourth-order valence-corrected chi connectivity index (χ4v) is 3.54. The zero-order valence-corrected chi connectivity index (χ0v) is 17.4. The zero-order chi connectivity index (χ0) is 18.3. The Bertz CT molecular complexity index is 675. The number of rotatable bonds is 9. The van der Waals surface area contributed by atoms with E-state index in [0.29, 0.717) is 11.4 Å². The zero-order valence-electron chi connectivity index (χ0n) is 15.3. The van der Waals surface area contributed by atoms with Crippen molar-refractivity contribution < 1.29 is 9.32 Å². The summed E-state index contributed by atoms with van der Waals surface area (Å²) in [6.07, 6.45) is 6.77. The molecule has 0 spiro atoms. The first-order valence-corrected chi connectivity index (χ1v) is 10.2. The number of hydrogen-bond donors (Lipinski definition) is 1. The molecule has 0 saturated carbocycles. The molecule has 0 aliphatic heterocycles. The highest BCUT2D eigenvalue weighted by Crippen LogP contribution is 2.37. The highest BCUT2D eigenvalue weighted by molar-refractivity contribution is 14.1. The topological polar surface area (TPSA) is 55.1 Å². The van der Waals surface area contributed by atoms with Gasteiger partial charge in [-0.25, -0.2) is 0 Å². The summed E-state index contributed by atoms with van der Waals surface area (Å²) in [5.41, 5.74) is 1.59. The number of nitrogens with one attached hydrogen (secondary N) is 1. The van der Waals surface area contributed by atoms with Crippen molar-refractivity contribution >= 4 is 34.4 Å². The highest BCUT2D eigenvalue weighted by atomic mass is 127. The van der Waals surface area contributed by atoms with Crippen LogP contribution in [-0.2, 0) is 5.41 Å². The minimum absolute atomic E-state index is 0.0322. The molecule has 0 aliphatic rings. The number of hydrogen-bond acceptors (Lipinski definition) is 3. The summed E-state index contributed by atoms with van der Waals surface area (Å²) in [5.74, 6) is 0.240. The van der Waals surface area contributed by atoms with Crippen LogP contribution in [0.5, 0.6) is 0 Å². The van der Waals surface area contributed by atoms with E-state index < -0.39 is 0 Å². The molecular weight excluding hydrogens is 427 g/mol. The Labute approximate surface area is 163 Å². The lowest BCUT2D eigenvalue weighted by Crippen LogP contribution is -2.24. The molecule has 1 aromatic carbocycles. The predicted octanol–water partition coefficient (Wildman–Crippen LogP) is 6.17. The fourth-order valence-electron chi connectivity index (χ4n) is 3.18. The number of halogens is 1. The van der Waals surface area contributed by atoms with Crippen LogP contribution in [0.2, 0.25) is 0 Å². The SMILES string of the molecule is CCCCCC(CC)(CC)c1cc(NC(=O)c2ccc(I)cc2)on1. The van der Waals surface area contributed by atoms with Gasteiger partial charge in [0.1, 0.15) is 0 Å². The third-order valence-electron chi connectivity index (χ3n) is 5.01. The highest BCUT2D eigenvalue weighted by Gasteiger charge is 2.31. The second-order valence-electron chi connectivity index (χ2n) is 6.48. The predicted molar refractivity (Wildman–Crippen MR) is 110 cm³/mol. The van der Waals surface area contributed by atoms with Crippen molar-refractivity contribution in [3.8, 4) is 0 Å². The van der Waals surface area contributed by atoms with Gasteiger partial charge in [-0.05, 0) is 66.1 Å². The second-order valence-corrected chi connectivity index (χ2v) is 7.73. The maximum Gasteiger partial charge on any atom is 0.258 e. The van der Waals surface area contributed by atoms with E-state index in [1.165, 1.54) is 19.3 Å². The summed E-state index contributed by atoms with van der Waals surface area (Å²) < 4.78 is 6.51. The summed E-state index contributed by atoms with van der Waals surface area (Å²) in [5, 5.41) is 7.09. The van der Waals surface area contributed by atoms with Crippen LogP contribution in [0, 0.1) is 3.57 Å². The van der Waals surface area contributed by atoms with Crippen molar-refractivity contribution in [1.29, 1.82) is 0 Å². The van der Waals surface area contributed by atoms with Gasteiger partial charge in [0, 0.05) is 20.6 Å². The van der Waals surface area contributed by atoms with Gasteiger partial charge in [0.2, 0.25) is 5.88 Å². The Morgan fingerprint density at radius 3 is 2.44 bits per heavy atom. The first kappa shape index (κ1) is 19.9. The van der Waals surface area contributed by atoms with E-state index in [4.69, 9.17) is 4.52 Å². The van der Waals surface area contributed by atoms with Crippen molar-refractivity contribution in [3.63, 3.8) is 0 Å². The van der Waals surface area contributed by atoms with Crippen molar-refractivity contribution in [3.05, 3.63) is 45.2 Å². The van der Waals surface area contributed by atoms with E-state index in [2.05, 4.69) is 53.8 Å². The molecule has 25 heavy (non-hydrogen) atoms. The van der Waals surface area contributed by atoms with Crippen LogP contribution in [0.25, 0.3) is 0 Å². The molecule has 0 atom stereocenters. The fraction of sp³-hybridized carbons (Fsp3) is 0.500. The second kappa shape index (κ2) is 9.36. The molecule has 1 amide bonds. The monoisotopic (exact) mass is 454 g/mol. The van der Waals surface area contributed by atoms with Gasteiger partial charge in [0.25, 0.3) is 5.91 Å². The van der Waals surface area contributed by atoms with Crippen molar-refractivity contribution in [2.75, 3.05) is 5.32 Å². The molecule has 2 aromatic rings. The Kier molecular flexibility index (Phi) is 7.47. The average Bonchev–Trinajstić information content (AvgIpc) is 3.08. The molecule has 1 heterocycles. The minimum atomic E-state index is -0.177. The van der Waals surface area contributed by atoms with Crippen LogP contribution in [0.15, 0.2) is 34.9 Å². The number of amides is 1. The molecule has 0 unspecified atom stereocenters. The molecule has 0 radical (unpaired) electrons. The lowest BCUT2D eigenvalue weighted by Gasteiger charge is -2.29. The van der Waals surface area contributed by atoms with E-state index in [0.717, 1.165) is 28.5 Å². The van der Waals surface area contributed by atoms with Gasteiger partial charge in [-0.15, -0.1) is 0 Å². The molecule has 1 aromatic heterocycles. The standard InChI is InChI=1S/C20H27IN2O2/c1-4-7-8-13-20(5-2,6-3)17-14-18(25-23-17)22-19(24)15-9-11-16(21)12-10-15/h9-12,14H,4-8,13H2,1-3H3,(H,22,24). The summed E-state index contributed by atoms with van der Waals surface area (Å²) >= 11 is 2.22. The van der Waals surface area contributed by atoms with Crippen LogP contribution < -0.4 is 5.32 Å². The normalized spacial score (nSPS) is 11.5. The maximum absolute atomic E-state index is 12.3. The molecule has 2 rings (SSSR count). The number of benzene rings is 1. The van der Waals surface area contributed by atoms with Gasteiger partial charge in [0.15, 0.2) is 0 Å². The molecule has 0 bridgehead atoms. The van der Waals surface area contributed by atoms with E-state index in [1.807, 2.05) is 30.3 Å². The van der Waals surface area contributed by atoms with Crippen LogP contribution in [0.4, 0.5) is 5.88 Å². The number of carbonyl (C=O) groups is 1. The van der Waals surface area contributed by atoms with E-state index in [9.17, 15) is 4.79 Å². The van der Waals surface area contributed by atoms with Crippen LogP contribution >= 0.6 is 22.6 Å². The summed E-state index contributed by atoms with van der Waals surface area (Å²) in [7, 11) is 0. The number of aromatic nitrogens is 1. The van der Waals surface area contributed by atoms with Gasteiger partial charge in [0.05, 0.1) is 5.69 Å². The smallest absolute Gasteiger partial charge is 0.258 e. The van der Waals surface area contributed by atoms with Crippen LogP contribution in [0.3, 0.4) is 0 Å². The molecule has 136 valence electrons. The summed E-state index contributed by atoms with van der Waals surface area (Å²) in [6.45, 7) is 6.62. The van der Waals surface area contributed by atoms with E-state index in [1.54, 1.807) is 0 Å². The quantitative estimate of drug-likeness (QED) is 0.364. The molecule has 5 heteroatoms. The number of unbranched alkanes of at least 4 members (excludes halogenated alkanes) is 2. The summed E-state index contributed by atoms with van der Waals surface area (Å²) in [4.78, 5) is 12.3. The molecule has 0 saturated heterocycles. The minimum Gasteiger partial charge on any atom is -0.338 e. The van der Waals surface area contributed by atoms with Crippen LogP contribution in [-0.4, -0.2) is 11.1 Å². The van der Waals surface area contributed by atoms with E-state index >= 15 is 0 Å². The Balaban J connectivity index is 2.11. The van der Waals surface area contributed by atoms with E-state index in [-0.39, 0.29) is 11.3 Å². The number of anilines is 1. The van der Waals surface area contributed by atoms with Crippen molar-refractivity contribution in [1.82, 2.24) is 5.16 Å². The largest absolute Gasteiger partial charge is 0.338 e. The third kappa shape index (κ3) is 5.06. The van der Waals surface area contributed by atoms with Crippen LogP contribution in [0.1, 0.15) is 75.3 Å². The molecule has 0 aliphatic carbocycles. The van der Waals surface area contributed by atoms with Crippen molar-refractivity contribution in [2.24, 2.45) is 0 Å². The van der Waals surface area contributed by atoms with Gasteiger partial charge < -0.3 is 4.52 Å². The number of carbonyl (C=O) groups excluding carboxylic acids is 1. The lowest BCUT2D eigenvalue weighted by atomic mass is 9.75. The Morgan fingerprint density at radius 1 is 1.16 bits per heavy atom. The van der Waals surface area contributed by atoms with Gasteiger partial charge >= 0.3 is 0 Å². The molecule has 1 N–H and O–H groups in total. The van der Waals surface area contributed by atoms with Gasteiger partial charge in [-0.3, -0.25) is 10.1 Å². The number of nitrogens with zero attached hydrogens (tertiary/aromatic N) is 1. The molecule has 4 nitrogen and oxygen atoms in total. The molecule has 0 fully saturated rings. The Hall–Kier alpha value is -1.37. The lowest BCUT2D eigenvalue weighted by molar-refractivity contribution is 0.102. The Morgan fingerprint density at radius 2 is 1.84 bits per heavy atom. The third-order valence-corrected chi connectivity index (χ3v) is 5.73. The van der Waals surface area contributed by atoms with Gasteiger partial charge in [-0.2, -0.15) is 0 Å². The summed E-state index contributed by atoms with van der Waals surface area (Å²) in [6, 6.07) is 9.33. The first-order valence-electron chi connectivity index (χ1n) is 9.08. The van der Waals surface area contributed by atoms with Crippen molar-refractivity contribution in [2.45, 2.75) is 64.7 Å². The molecular formula is C20H27IN2O2. The van der Waals surface area contributed by atoms with Gasteiger partial charge in [-0.1, -0.05) is 45.2 Å². The maximum atomic E-state index is 12.3. The average molecular weight is 454 g/mol. The first-order chi connectivity index (χ1) is 12.0.